The first-order chi connectivity index (χ1) is 29.4. The Hall–Kier alpha value is -5.31. The molecule has 3 N–H and O–H groups in total. The molecule has 0 radical (unpaired) electrons. The summed E-state index contributed by atoms with van der Waals surface area (Å²) in [5.74, 6) is 1.12. The predicted octanol–water partition coefficient (Wildman–Crippen LogP) is 10.4. The van der Waals surface area contributed by atoms with E-state index in [1.54, 1.807) is 0 Å². The molecule has 3 amide bonds. The lowest BCUT2D eigenvalue weighted by Crippen LogP contribution is -2.40. The van der Waals surface area contributed by atoms with Crippen LogP contribution in [0.1, 0.15) is 135 Å². The summed E-state index contributed by atoms with van der Waals surface area (Å²) in [5, 5.41) is 6.67. The smallest absolute Gasteiger partial charge is 0.270 e. The number of aromatic amines is 2. The SMILES string of the molecule is Cc1cc(C)c2cc(C(=O)N(C)C3CCC(Cc4cc(C)c5cc(C(=O)N6CCCC(Cc7cc(C)c8cc(C(=O)NC9CCCCC9)n(C)c8c7)C6)[nH]c5c4)CC3)[nH]c2c1. The van der Waals surface area contributed by atoms with Gasteiger partial charge in [0.15, 0.2) is 0 Å². The first-order valence-electron chi connectivity index (χ1n) is 23.1. The minimum Gasteiger partial charge on any atom is -0.351 e. The molecule has 320 valence electrons. The molecule has 0 bridgehead atoms. The molecule has 1 saturated heterocycles. The minimum absolute atomic E-state index is 0.0285. The number of carbonyl (C=O) groups excluding carboxylic acids is 3. The summed E-state index contributed by atoms with van der Waals surface area (Å²) in [7, 11) is 3.97. The fraction of sp³-hybridized carbons (Fsp3) is 0.481. The molecule has 4 heterocycles. The monoisotopic (exact) mass is 821 g/mol. The Morgan fingerprint density at radius 3 is 2.07 bits per heavy atom. The van der Waals surface area contributed by atoms with Gasteiger partial charge in [0.25, 0.3) is 17.7 Å². The van der Waals surface area contributed by atoms with E-state index in [-0.39, 0.29) is 29.8 Å². The van der Waals surface area contributed by atoms with E-state index in [2.05, 4.69) is 101 Å². The lowest BCUT2D eigenvalue weighted by atomic mass is 9.81. The number of aromatic nitrogens is 3. The van der Waals surface area contributed by atoms with Gasteiger partial charge in [-0.05, 0) is 174 Å². The number of amides is 3. The number of aryl methyl sites for hydroxylation is 5. The van der Waals surface area contributed by atoms with E-state index in [0.29, 0.717) is 23.2 Å². The summed E-state index contributed by atoms with van der Waals surface area (Å²) in [6.07, 6.45) is 14.0. The Morgan fingerprint density at radius 2 is 1.31 bits per heavy atom. The number of piperidine rings is 1. The van der Waals surface area contributed by atoms with E-state index in [1.807, 2.05) is 25.1 Å². The molecule has 9 nitrogen and oxygen atoms in total. The van der Waals surface area contributed by atoms with Crippen molar-refractivity contribution in [3.8, 4) is 0 Å². The van der Waals surface area contributed by atoms with Crippen molar-refractivity contribution in [1.82, 2.24) is 29.7 Å². The summed E-state index contributed by atoms with van der Waals surface area (Å²) < 4.78 is 2.06. The van der Waals surface area contributed by atoms with E-state index in [4.69, 9.17) is 0 Å². The van der Waals surface area contributed by atoms with Gasteiger partial charge in [0.05, 0.1) is 0 Å². The molecule has 9 rings (SSSR count). The van der Waals surface area contributed by atoms with Crippen LogP contribution in [0.25, 0.3) is 32.7 Å². The number of rotatable bonds is 9. The van der Waals surface area contributed by atoms with E-state index < -0.39 is 0 Å². The van der Waals surface area contributed by atoms with Gasteiger partial charge >= 0.3 is 0 Å². The second-order valence-corrected chi connectivity index (χ2v) is 19.3. The van der Waals surface area contributed by atoms with Crippen LogP contribution in [0, 0.1) is 39.5 Å². The van der Waals surface area contributed by atoms with Crippen LogP contribution in [-0.4, -0.2) is 74.3 Å². The molecule has 3 aromatic heterocycles. The lowest BCUT2D eigenvalue weighted by Gasteiger charge is -2.34. The number of hydrogen-bond acceptors (Lipinski definition) is 3. The maximum Gasteiger partial charge on any atom is 0.270 e. The third-order valence-electron chi connectivity index (χ3n) is 14.7. The molecule has 2 saturated carbocycles. The number of H-pyrrole nitrogens is 2. The fourth-order valence-electron chi connectivity index (χ4n) is 11.3. The lowest BCUT2D eigenvalue weighted by molar-refractivity contribution is 0.0663. The number of benzene rings is 3. The molecule has 2 aliphatic carbocycles. The molecule has 3 aliphatic rings. The van der Waals surface area contributed by atoms with E-state index >= 15 is 0 Å². The topological polar surface area (TPSA) is 106 Å². The second-order valence-electron chi connectivity index (χ2n) is 19.3. The van der Waals surface area contributed by atoms with Gasteiger partial charge in [-0.15, -0.1) is 0 Å². The maximum atomic E-state index is 14.1. The highest BCUT2D eigenvalue weighted by atomic mass is 16.2. The molecule has 6 aromatic rings. The summed E-state index contributed by atoms with van der Waals surface area (Å²) in [6, 6.07) is 20.0. The molecular formula is C52H64N6O3. The van der Waals surface area contributed by atoms with Crippen LogP contribution in [0.3, 0.4) is 0 Å². The molecular weight excluding hydrogens is 757 g/mol. The van der Waals surface area contributed by atoms with Gasteiger partial charge in [-0.1, -0.05) is 37.5 Å². The van der Waals surface area contributed by atoms with Gasteiger partial charge < -0.3 is 29.7 Å². The molecule has 3 aromatic carbocycles. The van der Waals surface area contributed by atoms with Crippen LogP contribution in [0.15, 0.2) is 54.6 Å². The third-order valence-corrected chi connectivity index (χ3v) is 14.7. The maximum absolute atomic E-state index is 14.1. The molecule has 61 heavy (non-hydrogen) atoms. The van der Waals surface area contributed by atoms with Gasteiger partial charge in [-0.25, -0.2) is 0 Å². The molecule has 1 atom stereocenters. The average Bonchev–Trinajstić information content (AvgIpc) is 3.97. The van der Waals surface area contributed by atoms with Crippen molar-refractivity contribution in [3.05, 3.63) is 105 Å². The van der Waals surface area contributed by atoms with Crippen LogP contribution in [-0.2, 0) is 19.9 Å². The van der Waals surface area contributed by atoms with Crippen molar-refractivity contribution in [3.63, 3.8) is 0 Å². The van der Waals surface area contributed by atoms with Crippen molar-refractivity contribution < 1.29 is 14.4 Å². The van der Waals surface area contributed by atoms with Crippen molar-refractivity contribution in [2.45, 2.75) is 123 Å². The number of carbonyl (C=O) groups is 3. The second kappa shape index (κ2) is 16.9. The van der Waals surface area contributed by atoms with Crippen LogP contribution in [0.2, 0.25) is 0 Å². The average molecular weight is 821 g/mol. The van der Waals surface area contributed by atoms with Gasteiger partial charge in [0, 0.05) is 72.0 Å². The van der Waals surface area contributed by atoms with E-state index in [9.17, 15) is 14.4 Å². The Balaban J connectivity index is 0.812. The molecule has 1 unspecified atom stereocenters. The van der Waals surface area contributed by atoms with Gasteiger partial charge in [0.1, 0.15) is 17.1 Å². The van der Waals surface area contributed by atoms with Crippen LogP contribution < -0.4 is 5.32 Å². The minimum atomic E-state index is 0.0285. The summed E-state index contributed by atoms with van der Waals surface area (Å²) in [5.41, 5.74) is 12.6. The van der Waals surface area contributed by atoms with Gasteiger partial charge in [-0.3, -0.25) is 14.4 Å². The van der Waals surface area contributed by atoms with Crippen molar-refractivity contribution in [2.24, 2.45) is 18.9 Å². The van der Waals surface area contributed by atoms with Gasteiger partial charge in [0.2, 0.25) is 0 Å². The van der Waals surface area contributed by atoms with Crippen LogP contribution >= 0.6 is 0 Å². The Morgan fingerprint density at radius 1 is 0.672 bits per heavy atom. The first-order valence-corrected chi connectivity index (χ1v) is 23.1. The molecule has 0 spiro atoms. The van der Waals surface area contributed by atoms with Crippen molar-refractivity contribution in [2.75, 3.05) is 20.1 Å². The highest BCUT2D eigenvalue weighted by Crippen LogP contribution is 2.34. The number of fused-ring (bicyclic) bond motifs is 3. The Kier molecular flexibility index (Phi) is 11.4. The van der Waals surface area contributed by atoms with Crippen LogP contribution in [0.5, 0.6) is 0 Å². The Bertz CT molecular complexity index is 2630. The van der Waals surface area contributed by atoms with Crippen molar-refractivity contribution in [1.29, 1.82) is 0 Å². The standard InChI is InChI=1S/C52H64N6O3/c1-31-19-32(2)41-27-46(54-44(41)20-31)51(60)56(5)40-16-14-35(15-17-40)23-37-21-33(3)42-28-47(55-45(42)25-37)52(61)58-18-10-11-36(30-58)24-38-22-34(4)43-29-49(57(6)48(43)26-38)50(59)53-39-12-8-7-9-13-39/h19-22,25-29,35-36,39-40,54-55H,7-18,23-24,30H2,1-6H3,(H,53,59). The van der Waals surface area contributed by atoms with E-state index in [0.717, 1.165) is 116 Å². The fourth-order valence-corrected chi connectivity index (χ4v) is 11.3. The van der Waals surface area contributed by atoms with Crippen LogP contribution in [0.4, 0.5) is 0 Å². The zero-order valence-corrected chi connectivity index (χ0v) is 37.2. The molecule has 9 heteroatoms. The third kappa shape index (κ3) is 8.37. The van der Waals surface area contributed by atoms with E-state index in [1.165, 1.54) is 52.6 Å². The van der Waals surface area contributed by atoms with Crippen molar-refractivity contribution >= 4 is 50.4 Å². The summed E-state index contributed by atoms with van der Waals surface area (Å²) in [6.45, 7) is 10.0. The number of hydrogen-bond donors (Lipinski definition) is 3. The highest BCUT2D eigenvalue weighted by molar-refractivity contribution is 6.01. The summed E-state index contributed by atoms with van der Waals surface area (Å²) >= 11 is 0. The highest BCUT2D eigenvalue weighted by Gasteiger charge is 2.30. The number of nitrogens with zero attached hydrogens (tertiary/aromatic N) is 3. The quantitative estimate of drug-likeness (QED) is 0.135. The van der Waals surface area contributed by atoms with Gasteiger partial charge in [-0.2, -0.15) is 0 Å². The summed E-state index contributed by atoms with van der Waals surface area (Å²) in [4.78, 5) is 51.9. The molecule has 3 fully saturated rings. The normalized spacial score (nSPS) is 20.2. The number of likely N-dealkylation sites (tertiary alicyclic amines) is 1. The molecule has 1 aliphatic heterocycles. The Labute approximate surface area is 360 Å². The number of nitrogens with one attached hydrogen (secondary N) is 3. The largest absolute Gasteiger partial charge is 0.351 e. The predicted molar refractivity (Wildman–Crippen MR) is 247 cm³/mol. The first kappa shape index (κ1) is 41.1. The zero-order chi connectivity index (χ0) is 42.5. The zero-order valence-electron chi connectivity index (χ0n) is 37.2.